The molecule has 0 radical (unpaired) electrons. The molecular formula is C20H32N2. The van der Waals surface area contributed by atoms with Crippen LogP contribution < -0.4 is 0 Å². The Hall–Kier alpha value is -0.860. The third-order valence-electron chi connectivity index (χ3n) is 5.72. The molecule has 1 saturated heterocycles. The van der Waals surface area contributed by atoms with Crippen LogP contribution >= 0.6 is 0 Å². The molecule has 2 unspecified atom stereocenters. The average Bonchev–Trinajstić information content (AvgIpc) is 2.99. The minimum Gasteiger partial charge on any atom is -0.298 e. The van der Waals surface area contributed by atoms with E-state index in [0.29, 0.717) is 5.41 Å². The van der Waals surface area contributed by atoms with E-state index in [0.717, 1.165) is 18.5 Å². The molecular weight excluding hydrogens is 268 g/mol. The lowest BCUT2D eigenvalue weighted by Gasteiger charge is -2.43. The van der Waals surface area contributed by atoms with Crippen LogP contribution in [0.3, 0.4) is 0 Å². The maximum absolute atomic E-state index is 2.80. The van der Waals surface area contributed by atoms with Crippen LogP contribution in [0.2, 0.25) is 0 Å². The zero-order valence-electron chi connectivity index (χ0n) is 14.6. The van der Waals surface area contributed by atoms with Crippen molar-refractivity contribution in [3.05, 3.63) is 35.9 Å². The molecule has 1 saturated carbocycles. The molecule has 2 heteroatoms. The van der Waals surface area contributed by atoms with Gasteiger partial charge in [0.25, 0.3) is 0 Å². The van der Waals surface area contributed by atoms with Crippen molar-refractivity contribution in [3.8, 4) is 0 Å². The van der Waals surface area contributed by atoms with Crippen LogP contribution in [0.15, 0.2) is 30.3 Å². The lowest BCUT2D eigenvalue weighted by atomic mass is 9.77. The lowest BCUT2D eigenvalue weighted by molar-refractivity contribution is 0.0475. The fraction of sp³-hybridized carbons (Fsp3) is 0.700. The lowest BCUT2D eigenvalue weighted by Crippen LogP contribution is -2.52. The van der Waals surface area contributed by atoms with Gasteiger partial charge < -0.3 is 0 Å². The first-order chi connectivity index (χ1) is 10.5. The fourth-order valence-electron chi connectivity index (χ4n) is 4.48. The molecule has 1 heterocycles. The molecule has 2 nitrogen and oxygen atoms in total. The number of benzene rings is 1. The van der Waals surface area contributed by atoms with Crippen molar-refractivity contribution in [2.24, 2.45) is 11.3 Å². The summed E-state index contributed by atoms with van der Waals surface area (Å²) < 4.78 is 0. The Morgan fingerprint density at radius 3 is 2.27 bits per heavy atom. The Morgan fingerprint density at radius 1 is 0.955 bits per heavy atom. The van der Waals surface area contributed by atoms with Crippen molar-refractivity contribution >= 4 is 0 Å². The summed E-state index contributed by atoms with van der Waals surface area (Å²) in [7, 11) is 0. The van der Waals surface area contributed by atoms with Gasteiger partial charge in [-0.2, -0.15) is 0 Å². The molecule has 0 N–H and O–H groups in total. The molecule has 122 valence electrons. The second kappa shape index (κ2) is 6.72. The predicted molar refractivity (Wildman–Crippen MR) is 93.9 cm³/mol. The van der Waals surface area contributed by atoms with Crippen LogP contribution in [0.4, 0.5) is 0 Å². The summed E-state index contributed by atoms with van der Waals surface area (Å²) in [6.45, 7) is 13.4. The zero-order chi connectivity index (χ0) is 15.6. The highest BCUT2D eigenvalue weighted by Gasteiger charge is 2.39. The summed E-state index contributed by atoms with van der Waals surface area (Å²) in [5.41, 5.74) is 1.91. The number of piperazine rings is 1. The third kappa shape index (κ3) is 3.72. The SMILES string of the molecule is CC(C)(C)C1CCCC1N1CCN(Cc2ccccc2)CC1. The van der Waals surface area contributed by atoms with E-state index < -0.39 is 0 Å². The predicted octanol–water partition coefficient (Wildman–Crippen LogP) is 4.02. The Bertz CT molecular complexity index is 454. The van der Waals surface area contributed by atoms with Crippen LogP contribution in [0, 0.1) is 11.3 Å². The van der Waals surface area contributed by atoms with Crippen molar-refractivity contribution in [3.63, 3.8) is 0 Å². The number of hydrogen-bond acceptors (Lipinski definition) is 2. The molecule has 1 aromatic rings. The molecule has 2 aliphatic rings. The van der Waals surface area contributed by atoms with Gasteiger partial charge in [0.2, 0.25) is 0 Å². The highest BCUT2D eigenvalue weighted by atomic mass is 15.3. The first kappa shape index (κ1) is 16.0. The van der Waals surface area contributed by atoms with Crippen molar-refractivity contribution in [1.82, 2.24) is 9.80 Å². The van der Waals surface area contributed by atoms with E-state index in [1.165, 1.54) is 51.0 Å². The molecule has 1 aromatic carbocycles. The van der Waals surface area contributed by atoms with Gasteiger partial charge in [-0.15, -0.1) is 0 Å². The molecule has 1 aliphatic heterocycles. The van der Waals surface area contributed by atoms with E-state index in [2.05, 4.69) is 60.9 Å². The molecule has 0 aromatic heterocycles. The van der Waals surface area contributed by atoms with Crippen molar-refractivity contribution < 1.29 is 0 Å². The molecule has 2 fully saturated rings. The summed E-state index contributed by atoms with van der Waals surface area (Å²) in [6, 6.07) is 11.7. The van der Waals surface area contributed by atoms with E-state index in [4.69, 9.17) is 0 Å². The molecule has 22 heavy (non-hydrogen) atoms. The summed E-state index contributed by atoms with van der Waals surface area (Å²) in [5, 5.41) is 0. The van der Waals surface area contributed by atoms with Crippen LogP contribution in [0.5, 0.6) is 0 Å². The average molecular weight is 300 g/mol. The Morgan fingerprint density at radius 2 is 1.64 bits per heavy atom. The van der Waals surface area contributed by atoms with Crippen LogP contribution in [0.25, 0.3) is 0 Å². The molecule has 0 spiro atoms. The van der Waals surface area contributed by atoms with Crippen molar-refractivity contribution in [1.29, 1.82) is 0 Å². The summed E-state index contributed by atoms with van der Waals surface area (Å²) >= 11 is 0. The first-order valence-corrected chi connectivity index (χ1v) is 9.04. The standard InChI is InChI=1S/C20H32N2/c1-20(2,3)18-10-7-11-19(18)22-14-12-21(13-15-22)16-17-8-5-4-6-9-17/h4-6,8-9,18-19H,7,10-16H2,1-3H3. The largest absolute Gasteiger partial charge is 0.298 e. The molecule has 2 atom stereocenters. The highest BCUT2D eigenvalue weighted by molar-refractivity contribution is 5.14. The number of nitrogens with zero attached hydrogens (tertiary/aromatic N) is 2. The van der Waals surface area contributed by atoms with Gasteiger partial charge in [-0.1, -0.05) is 57.5 Å². The molecule has 0 amide bonds. The molecule has 0 bridgehead atoms. The van der Waals surface area contributed by atoms with Gasteiger partial charge in [0.1, 0.15) is 0 Å². The minimum absolute atomic E-state index is 0.461. The van der Waals surface area contributed by atoms with E-state index in [1.807, 2.05) is 0 Å². The van der Waals surface area contributed by atoms with Gasteiger partial charge in [-0.3, -0.25) is 9.80 Å². The summed E-state index contributed by atoms with van der Waals surface area (Å²) in [5.74, 6) is 0.883. The molecule has 1 aliphatic carbocycles. The Balaban J connectivity index is 1.53. The zero-order valence-corrected chi connectivity index (χ0v) is 14.6. The number of rotatable bonds is 3. The van der Waals surface area contributed by atoms with Gasteiger partial charge in [0.15, 0.2) is 0 Å². The fourth-order valence-corrected chi connectivity index (χ4v) is 4.48. The monoisotopic (exact) mass is 300 g/mol. The topological polar surface area (TPSA) is 6.48 Å². The Labute approximate surface area is 136 Å². The second-order valence-corrected chi connectivity index (χ2v) is 8.27. The van der Waals surface area contributed by atoms with Crippen LogP contribution in [-0.2, 0) is 6.54 Å². The Kier molecular flexibility index (Phi) is 4.89. The maximum atomic E-state index is 2.80. The number of hydrogen-bond donors (Lipinski definition) is 0. The highest BCUT2D eigenvalue weighted by Crippen LogP contribution is 2.42. The van der Waals surface area contributed by atoms with Gasteiger partial charge in [0, 0.05) is 38.8 Å². The van der Waals surface area contributed by atoms with Gasteiger partial charge in [-0.05, 0) is 29.7 Å². The van der Waals surface area contributed by atoms with E-state index >= 15 is 0 Å². The first-order valence-electron chi connectivity index (χ1n) is 9.04. The second-order valence-electron chi connectivity index (χ2n) is 8.27. The van der Waals surface area contributed by atoms with E-state index in [9.17, 15) is 0 Å². The van der Waals surface area contributed by atoms with Gasteiger partial charge in [-0.25, -0.2) is 0 Å². The quantitative estimate of drug-likeness (QED) is 0.832. The van der Waals surface area contributed by atoms with Crippen LogP contribution in [-0.4, -0.2) is 42.0 Å². The third-order valence-corrected chi connectivity index (χ3v) is 5.72. The van der Waals surface area contributed by atoms with Gasteiger partial charge in [0.05, 0.1) is 0 Å². The minimum atomic E-state index is 0.461. The van der Waals surface area contributed by atoms with Crippen LogP contribution in [0.1, 0.15) is 45.6 Å². The summed E-state index contributed by atoms with van der Waals surface area (Å²) in [6.07, 6.45) is 4.27. The van der Waals surface area contributed by atoms with Crippen molar-refractivity contribution in [2.45, 2.75) is 52.6 Å². The van der Waals surface area contributed by atoms with Crippen molar-refractivity contribution in [2.75, 3.05) is 26.2 Å². The summed E-state index contributed by atoms with van der Waals surface area (Å²) in [4.78, 5) is 5.41. The maximum Gasteiger partial charge on any atom is 0.0234 e. The molecule has 3 rings (SSSR count). The van der Waals surface area contributed by atoms with E-state index in [-0.39, 0.29) is 0 Å². The van der Waals surface area contributed by atoms with Gasteiger partial charge >= 0.3 is 0 Å². The van der Waals surface area contributed by atoms with E-state index in [1.54, 1.807) is 0 Å². The smallest absolute Gasteiger partial charge is 0.0234 e. The normalized spacial score (nSPS) is 28.1.